The van der Waals surface area contributed by atoms with E-state index >= 15 is 0 Å². The minimum Gasteiger partial charge on any atom is -0.0622 e. The molecule has 5 unspecified atom stereocenters. The van der Waals surface area contributed by atoms with Gasteiger partial charge >= 0.3 is 0 Å². The van der Waals surface area contributed by atoms with Gasteiger partial charge in [0, 0.05) is 0 Å². The van der Waals surface area contributed by atoms with Crippen molar-refractivity contribution in [2.45, 2.75) is 66.7 Å². The van der Waals surface area contributed by atoms with Gasteiger partial charge in [-0.3, -0.25) is 0 Å². The first kappa shape index (κ1) is 12.5. The van der Waals surface area contributed by atoms with Crippen LogP contribution in [-0.4, -0.2) is 0 Å². The third kappa shape index (κ3) is 2.17. The Labute approximate surface area is 102 Å². The molecule has 0 N–H and O–H groups in total. The lowest BCUT2D eigenvalue weighted by Gasteiger charge is -2.52. The second-order valence-electron chi connectivity index (χ2n) is 7.67. The predicted octanol–water partition coefficient (Wildman–Crippen LogP) is 5.13. The van der Waals surface area contributed by atoms with E-state index < -0.39 is 0 Å². The number of rotatable bonds is 0. The Morgan fingerprint density at radius 1 is 0.938 bits per heavy atom. The Bertz CT molecular complexity index is 235. The molecule has 5 atom stereocenters. The van der Waals surface area contributed by atoms with Crippen molar-refractivity contribution in [2.24, 2.45) is 35.0 Å². The molecule has 0 aromatic rings. The number of fused-ring (bicyclic) bond motifs is 1. The van der Waals surface area contributed by atoms with Crippen LogP contribution in [0.1, 0.15) is 66.7 Å². The van der Waals surface area contributed by atoms with E-state index in [1.807, 2.05) is 0 Å². The molecule has 2 saturated carbocycles. The molecule has 0 aliphatic heterocycles. The number of hydrogen-bond acceptors (Lipinski definition) is 0. The molecule has 2 aliphatic rings. The highest BCUT2D eigenvalue weighted by atomic mass is 14.5. The molecule has 0 bridgehead atoms. The lowest BCUT2D eigenvalue weighted by molar-refractivity contribution is -0.0271. The van der Waals surface area contributed by atoms with Gasteiger partial charge in [0.15, 0.2) is 0 Å². The zero-order valence-corrected chi connectivity index (χ0v) is 11.9. The molecule has 0 aromatic heterocycles. The molecular formula is C16H30. The van der Waals surface area contributed by atoms with Gasteiger partial charge in [0.05, 0.1) is 0 Å². The fourth-order valence-electron chi connectivity index (χ4n) is 5.27. The van der Waals surface area contributed by atoms with E-state index in [1.54, 1.807) is 0 Å². The minimum atomic E-state index is 0.501. The van der Waals surface area contributed by atoms with Crippen LogP contribution in [0.15, 0.2) is 0 Å². The topological polar surface area (TPSA) is 0 Å². The van der Waals surface area contributed by atoms with E-state index in [1.165, 1.54) is 32.1 Å². The number of hydrogen-bond donors (Lipinski definition) is 0. The quantitative estimate of drug-likeness (QED) is 0.533. The average molecular weight is 222 g/mol. The molecular weight excluding hydrogens is 192 g/mol. The summed E-state index contributed by atoms with van der Waals surface area (Å²) in [4.78, 5) is 0. The summed E-state index contributed by atoms with van der Waals surface area (Å²) in [6.07, 6.45) is 7.55. The van der Waals surface area contributed by atoms with Crippen LogP contribution in [0.4, 0.5) is 0 Å². The molecule has 0 heterocycles. The van der Waals surface area contributed by atoms with Crippen molar-refractivity contribution in [3.63, 3.8) is 0 Å². The molecule has 0 radical (unpaired) electrons. The maximum Gasteiger partial charge on any atom is -0.0311 e. The van der Waals surface area contributed by atoms with Crippen molar-refractivity contribution in [3.05, 3.63) is 0 Å². The first-order valence-electron chi connectivity index (χ1n) is 7.41. The minimum absolute atomic E-state index is 0.501. The summed E-state index contributed by atoms with van der Waals surface area (Å²) in [5.41, 5.74) is 0.501. The van der Waals surface area contributed by atoms with Crippen LogP contribution in [0, 0.1) is 35.0 Å². The lowest BCUT2D eigenvalue weighted by Crippen LogP contribution is -2.44. The van der Waals surface area contributed by atoms with Crippen molar-refractivity contribution in [3.8, 4) is 0 Å². The van der Waals surface area contributed by atoms with Crippen molar-refractivity contribution >= 4 is 0 Å². The van der Waals surface area contributed by atoms with Crippen LogP contribution < -0.4 is 0 Å². The highest BCUT2D eigenvalue weighted by Crippen LogP contribution is 2.53. The van der Waals surface area contributed by atoms with Crippen LogP contribution in [0.25, 0.3) is 0 Å². The van der Waals surface area contributed by atoms with Crippen molar-refractivity contribution < 1.29 is 0 Å². The fourth-order valence-corrected chi connectivity index (χ4v) is 5.27. The third-order valence-corrected chi connectivity index (χ3v) is 5.50. The average Bonchev–Trinajstić information content (AvgIpc) is 2.15. The molecule has 16 heavy (non-hydrogen) atoms. The lowest BCUT2D eigenvalue weighted by atomic mass is 9.53. The summed E-state index contributed by atoms with van der Waals surface area (Å²) < 4.78 is 0. The Hall–Kier alpha value is 0. The van der Waals surface area contributed by atoms with Gasteiger partial charge in [-0.1, -0.05) is 53.9 Å². The molecule has 0 spiro atoms. The fraction of sp³-hybridized carbons (Fsp3) is 1.00. The van der Waals surface area contributed by atoms with E-state index in [0.29, 0.717) is 5.41 Å². The maximum absolute atomic E-state index is 2.55. The molecule has 2 fully saturated rings. The molecule has 0 saturated heterocycles. The highest BCUT2D eigenvalue weighted by Gasteiger charge is 2.45. The van der Waals surface area contributed by atoms with Gasteiger partial charge in [0.25, 0.3) is 0 Å². The van der Waals surface area contributed by atoms with Crippen LogP contribution in [0.5, 0.6) is 0 Å². The molecule has 2 aliphatic carbocycles. The van der Waals surface area contributed by atoms with Crippen LogP contribution >= 0.6 is 0 Å². The van der Waals surface area contributed by atoms with Gasteiger partial charge in [-0.25, -0.2) is 0 Å². The van der Waals surface area contributed by atoms with E-state index in [2.05, 4.69) is 34.6 Å². The third-order valence-electron chi connectivity index (χ3n) is 5.50. The molecule has 94 valence electrons. The maximum atomic E-state index is 2.55. The smallest absolute Gasteiger partial charge is 0.0311 e. The van der Waals surface area contributed by atoms with Crippen molar-refractivity contribution in [1.82, 2.24) is 0 Å². The largest absolute Gasteiger partial charge is 0.0622 e. The molecule has 0 aromatic carbocycles. The Morgan fingerprint density at radius 2 is 1.56 bits per heavy atom. The summed E-state index contributed by atoms with van der Waals surface area (Å²) in [5.74, 6) is 4.95. The summed E-state index contributed by atoms with van der Waals surface area (Å²) in [7, 11) is 0. The van der Waals surface area contributed by atoms with Crippen LogP contribution in [-0.2, 0) is 0 Å². The van der Waals surface area contributed by atoms with Gasteiger partial charge in [0.1, 0.15) is 0 Å². The van der Waals surface area contributed by atoms with Gasteiger partial charge in [-0.15, -0.1) is 0 Å². The highest BCUT2D eigenvalue weighted by molar-refractivity contribution is 4.94. The van der Waals surface area contributed by atoms with Gasteiger partial charge < -0.3 is 0 Å². The van der Waals surface area contributed by atoms with Crippen LogP contribution in [0.2, 0.25) is 0 Å². The standard InChI is InChI=1S/C16H30/c1-11-10-13-8-6-7-9-14(13)12(2)15(11)16(3,4)5/h11-15H,6-10H2,1-5H3. The Morgan fingerprint density at radius 3 is 2.19 bits per heavy atom. The Balaban J connectivity index is 2.16. The predicted molar refractivity (Wildman–Crippen MR) is 71.3 cm³/mol. The van der Waals surface area contributed by atoms with E-state index in [4.69, 9.17) is 0 Å². The van der Waals surface area contributed by atoms with Crippen molar-refractivity contribution in [2.75, 3.05) is 0 Å². The van der Waals surface area contributed by atoms with E-state index in [9.17, 15) is 0 Å². The second-order valence-corrected chi connectivity index (χ2v) is 7.67. The zero-order chi connectivity index (χ0) is 11.9. The van der Waals surface area contributed by atoms with Gasteiger partial charge in [-0.05, 0) is 47.8 Å². The molecule has 0 amide bonds. The van der Waals surface area contributed by atoms with Crippen LogP contribution in [0.3, 0.4) is 0 Å². The van der Waals surface area contributed by atoms with Crippen molar-refractivity contribution in [1.29, 1.82) is 0 Å². The summed E-state index contributed by atoms with van der Waals surface area (Å²) in [5, 5.41) is 0. The summed E-state index contributed by atoms with van der Waals surface area (Å²) >= 11 is 0. The van der Waals surface area contributed by atoms with Gasteiger partial charge in [0.2, 0.25) is 0 Å². The van der Waals surface area contributed by atoms with E-state index in [-0.39, 0.29) is 0 Å². The SMILES string of the molecule is CC1CC2CCCCC2C(C)C1C(C)(C)C. The first-order chi connectivity index (χ1) is 7.41. The first-order valence-corrected chi connectivity index (χ1v) is 7.41. The monoisotopic (exact) mass is 222 g/mol. The summed E-state index contributed by atoms with van der Waals surface area (Å²) in [6, 6.07) is 0. The zero-order valence-electron chi connectivity index (χ0n) is 11.9. The summed E-state index contributed by atoms with van der Waals surface area (Å²) in [6.45, 7) is 12.4. The molecule has 2 rings (SSSR count). The normalized spacial score (nSPS) is 45.2. The Kier molecular flexibility index (Phi) is 3.39. The van der Waals surface area contributed by atoms with E-state index in [0.717, 1.165) is 29.6 Å². The van der Waals surface area contributed by atoms with Gasteiger partial charge in [-0.2, -0.15) is 0 Å². The molecule has 0 nitrogen and oxygen atoms in total. The second kappa shape index (κ2) is 4.35. The molecule has 0 heteroatoms.